The third kappa shape index (κ3) is 4.50. The number of benzene rings is 2. The summed E-state index contributed by atoms with van der Waals surface area (Å²) in [4.78, 5) is 11.8. The number of carbonyl (C=O) groups excluding carboxylic acids is 1. The summed E-state index contributed by atoms with van der Waals surface area (Å²) in [6.07, 6.45) is 1.19. The number of ether oxygens (including phenoxy) is 1. The Hall–Kier alpha value is -2.53. The molecule has 21 heavy (non-hydrogen) atoms. The van der Waals surface area contributed by atoms with Crippen molar-refractivity contribution in [1.29, 1.82) is 0 Å². The molecule has 0 fully saturated rings. The van der Waals surface area contributed by atoms with Crippen molar-refractivity contribution in [1.82, 2.24) is 0 Å². The molecule has 2 N–H and O–H groups in total. The van der Waals surface area contributed by atoms with E-state index >= 15 is 0 Å². The van der Waals surface area contributed by atoms with Gasteiger partial charge in [-0.15, -0.1) is 0 Å². The number of hydrogen-bond acceptors (Lipinski definition) is 4. The number of nitrogens with one attached hydrogen (secondary N) is 1. The molecule has 0 saturated carbocycles. The Bertz CT molecular complexity index is 645. The number of nitrogens with zero attached hydrogens (tertiary/aromatic N) is 1. The average Bonchev–Trinajstić information content (AvgIpc) is 2.48. The highest BCUT2D eigenvalue weighted by Crippen LogP contribution is 2.21. The maximum atomic E-state index is 11.8. The predicted molar refractivity (Wildman–Crippen MR) is 81.4 cm³/mol. The molecule has 0 bridgehead atoms. The number of halogens is 1. The summed E-state index contributed by atoms with van der Waals surface area (Å²) in [5.74, 6) is 0.114. The van der Waals surface area contributed by atoms with Gasteiger partial charge in [0.15, 0.2) is 6.61 Å². The Morgan fingerprint density at radius 2 is 2.05 bits per heavy atom. The van der Waals surface area contributed by atoms with E-state index in [2.05, 4.69) is 10.5 Å². The summed E-state index contributed by atoms with van der Waals surface area (Å²) in [7, 11) is 0. The Morgan fingerprint density at radius 3 is 2.76 bits per heavy atom. The number of rotatable bonds is 5. The molecular weight excluding hydrogens is 292 g/mol. The van der Waals surface area contributed by atoms with E-state index in [-0.39, 0.29) is 12.5 Å². The molecule has 1 amide bonds. The molecule has 108 valence electrons. The highest BCUT2D eigenvalue weighted by Gasteiger charge is 2.07. The van der Waals surface area contributed by atoms with Crippen LogP contribution in [0.2, 0.25) is 5.02 Å². The van der Waals surface area contributed by atoms with Gasteiger partial charge in [-0.1, -0.05) is 35.0 Å². The number of hydrogen-bond donors (Lipinski definition) is 2. The SMILES string of the molecule is O=C(COc1ccc(Cl)cc1/C=N\O)Nc1ccccc1. The maximum Gasteiger partial charge on any atom is 0.262 e. The van der Waals surface area contributed by atoms with Gasteiger partial charge in [0, 0.05) is 16.3 Å². The molecule has 0 aliphatic heterocycles. The lowest BCUT2D eigenvalue weighted by Crippen LogP contribution is -2.20. The molecule has 2 aromatic rings. The van der Waals surface area contributed by atoms with Gasteiger partial charge in [0.1, 0.15) is 5.75 Å². The zero-order valence-electron chi connectivity index (χ0n) is 11.0. The number of para-hydroxylation sites is 1. The van der Waals surface area contributed by atoms with E-state index in [1.165, 1.54) is 6.21 Å². The van der Waals surface area contributed by atoms with Crippen molar-refractivity contribution in [2.24, 2.45) is 5.16 Å². The van der Waals surface area contributed by atoms with Gasteiger partial charge in [-0.3, -0.25) is 4.79 Å². The fraction of sp³-hybridized carbons (Fsp3) is 0.0667. The molecule has 0 saturated heterocycles. The standard InChI is InChI=1S/C15H13ClN2O3/c16-12-6-7-14(11(8-12)9-17-20)21-10-15(19)18-13-4-2-1-3-5-13/h1-9,20H,10H2,(H,18,19)/b17-9-. The fourth-order valence-electron chi connectivity index (χ4n) is 1.68. The molecule has 0 heterocycles. The van der Waals surface area contributed by atoms with E-state index < -0.39 is 0 Å². The molecule has 6 heteroatoms. The van der Waals surface area contributed by atoms with Gasteiger partial charge in [0.05, 0.1) is 6.21 Å². The van der Waals surface area contributed by atoms with Crippen LogP contribution in [0.15, 0.2) is 53.7 Å². The van der Waals surface area contributed by atoms with Gasteiger partial charge in [-0.05, 0) is 30.3 Å². The topological polar surface area (TPSA) is 70.9 Å². The van der Waals surface area contributed by atoms with Gasteiger partial charge in [0.2, 0.25) is 0 Å². The Labute approximate surface area is 126 Å². The first-order valence-corrected chi connectivity index (χ1v) is 6.51. The van der Waals surface area contributed by atoms with Crippen LogP contribution in [0, 0.1) is 0 Å². The summed E-state index contributed by atoms with van der Waals surface area (Å²) in [6, 6.07) is 13.9. The van der Waals surface area contributed by atoms with Crippen molar-refractivity contribution in [3.05, 3.63) is 59.1 Å². The summed E-state index contributed by atoms with van der Waals surface area (Å²) >= 11 is 5.84. The average molecular weight is 305 g/mol. The first-order chi connectivity index (χ1) is 10.2. The highest BCUT2D eigenvalue weighted by molar-refractivity contribution is 6.30. The van der Waals surface area contributed by atoms with Crippen molar-refractivity contribution < 1.29 is 14.7 Å². The largest absolute Gasteiger partial charge is 0.483 e. The Kier molecular flexibility index (Phi) is 5.17. The smallest absolute Gasteiger partial charge is 0.262 e. The van der Waals surface area contributed by atoms with Gasteiger partial charge < -0.3 is 15.3 Å². The monoisotopic (exact) mass is 304 g/mol. The third-order valence-corrected chi connectivity index (χ3v) is 2.82. The molecular formula is C15H13ClN2O3. The number of anilines is 1. The van der Waals surface area contributed by atoms with Gasteiger partial charge in [-0.2, -0.15) is 0 Å². The molecule has 5 nitrogen and oxygen atoms in total. The summed E-state index contributed by atoms with van der Waals surface area (Å²) in [5.41, 5.74) is 1.18. The van der Waals surface area contributed by atoms with Crippen LogP contribution in [0.5, 0.6) is 5.75 Å². The van der Waals surface area contributed by atoms with E-state index in [9.17, 15) is 4.79 Å². The van der Waals surface area contributed by atoms with Gasteiger partial charge in [0.25, 0.3) is 5.91 Å². The van der Waals surface area contributed by atoms with E-state index in [0.29, 0.717) is 22.0 Å². The maximum absolute atomic E-state index is 11.8. The molecule has 0 atom stereocenters. The first kappa shape index (κ1) is 14.9. The molecule has 0 spiro atoms. The van der Waals surface area contributed by atoms with Crippen LogP contribution in [0.3, 0.4) is 0 Å². The minimum Gasteiger partial charge on any atom is -0.483 e. The lowest BCUT2D eigenvalue weighted by Gasteiger charge is -2.09. The zero-order chi connectivity index (χ0) is 15.1. The second kappa shape index (κ2) is 7.31. The van der Waals surface area contributed by atoms with Crippen LogP contribution in [0.25, 0.3) is 0 Å². The fourth-order valence-corrected chi connectivity index (χ4v) is 1.86. The molecule has 0 aromatic heterocycles. The van der Waals surface area contributed by atoms with Crippen LogP contribution in [-0.2, 0) is 4.79 Å². The number of oxime groups is 1. The molecule has 2 rings (SSSR count). The minimum absolute atomic E-state index is 0.164. The number of amides is 1. The highest BCUT2D eigenvalue weighted by atomic mass is 35.5. The van der Waals surface area contributed by atoms with Crippen molar-refractivity contribution in [2.75, 3.05) is 11.9 Å². The third-order valence-electron chi connectivity index (χ3n) is 2.58. The summed E-state index contributed by atoms with van der Waals surface area (Å²) < 4.78 is 5.41. The van der Waals surface area contributed by atoms with E-state index in [0.717, 1.165) is 0 Å². The van der Waals surface area contributed by atoms with Crippen molar-refractivity contribution in [2.45, 2.75) is 0 Å². The van der Waals surface area contributed by atoms with E-state index in [1.807, 2.05) is 18.2 Å². The van der Waals surface area contributed by atoms with Crippen LogP contribution in [-0.4, -0.2) is 23.9 Å². The van der Waals surface area contributed by atoms with Crippen molar-refractivity contribution in [3.8, 4) is 5.75 Å². The summed E-state index contributed by atoms with van der Waals surface area (Å²) in [6.45, 7) is -0.164. The molecule has 2 aromatic carbocycles. The quantitative estimate of drug-likeness (QED) is 0.506. The lowest BCUT2D eigenvalue weighted by molar-refractivity contribution is -0.118. The van der Waals surface area contributed by atoms with Gasteiger partial charge in [-0.25, -0.2) is 0 Å². The van der Waals surface area contributed by atoms with Crippen molar-refractivity contribution >= 4 is 29.4 Å². The lowest BCUT2D eigenvalue weighted by atomic mass is 10.2. The zero-order valence-corrected chi connectivity index (χ0v) is 11.7. The number of carbonyl (C=O) groups is 1. The van der Waals surface area contributed by atoms with Crippen LogP contribution < -0.4 is 10.1 Å². The predicted octanol–water partition coefficient (Wildman–Crippen LogP) is 3.17. The van der Waals surface area contributed by atoms with Crippen LogP contribution >= 0.6 is 11.6 Å². The summed E-state index contributed by atoms with van der Waals surface area (Å²) in [5, 5.41) is 14.7. The Balaban J connectivity index is 1.98. The Morgan fingerprint density at radius 1 is 1.29 bits per heavy atom. The molecule has 0 unspecified atom stereocenters. The minimum atomic E-state index is -0.289. The van der Waals surface area contributed by atoms with Crippen LogP contribution in [0.4, 0.5) is 5.69 Å². The van der Waals surface area contributed by atoms with Crippen LogP contribution in [0.1, 0.15) is 5.56 Å². The first-order valence-electron chi connectivity index (χ1n) is 6.14. The van der Waals surface area contributed by atoms with E-state index in [4.69, 9.17) is 21.5 Å². The van der Waals surface area contributed by atoms with E-state index in [1.54, 1.807) is 30.3 Å². The van der Waals surface area contributed by atoms with Crippen molar-refractivity contribution in [3.63, 3.8) is 0 Å². The molecule has 0 radical (unpaired) electrons. The normalized spacial score (nSPS) is 10.5. The second-order valence-electron chi connectivity index (χ2n) is 4.13. The van der Waals surface area contributed by atoms with Gasteiger partial charge >= 0.3 is 0 Å². The molecule has 0 aliphatic carbocycles. The molecule has 0 aliphatic rings. The second-order valence-corrected chi connectivity index (χ2v) is 4.57.